The lowest BCUT2D eigenvalue weighted by Gasteiger charge is -2.16. The maximum absolute atomic E-state index is 12.6. The molecule has 0 spiro atoms. The second kappa shape index (κ2) is 7.68. The Kier molecular flexibility index (Phi) is 5.85. The Morgan fingerprint density at radius 1 is 1.00 bits per heavy atom. The van der Waals surface area contributed by atoms with Crippen LogP contribution in [0.2, 0.25) is 0 Å². The van der Waals surface area contributed by atoms with Crippen LogP contribution in [0, 0.1) is 0 Å². The van der Waals surface area contributed by atoms with Crippen LogP contribution in [-0.2, 0) is 16.4 Å². The molecule has 24 heavy (non-hydrogen) atoms. The molecule has 0 radical (unpaired) electrons. The van der Waals surface area contributed by atoms with Crippen LogP contribution < -0.4 is 14.2 Å². The molecule has 0 aromatic heterocycles. The predicted molar refractivity (Wildman–Crippen MR) is 94.1 cm³/mol. The van der Waals surface area contributed by atoms with E-state index in [0.717, 1.165) is 12.0 Å². The number of nitrogens with one attached hydrogen (secondary N) is 1. The zero-order valence-corrected chi connectivity index (χ0v) is 15.2. The molecule has 130 valence electrons. The molecule has 0 aliphatic rings. The van der Waals surface area contributed by atoms with Crippen molar-refractivity contribution < 1.29 is 17.9 Å². The lowest BCUT2D eigenvalue weighted by molar-refractivity contribution is 0.354. The molecule has 0 bridgehead atoms. The molecule has 0 unspecified atom stereocenters. The van der Waals surface area contributed by atoms with Gasteiger partial charge < -0.3 is 9.47 Å². The number of rotatable bonds is 7. The van der Waals surface area contributed by atoms with E-state index in [1.54, 1.807) is 6.07 Å². The third-order valence-electron chi connectivity index (χ3n) is 3.89. The average molecular weight is 349 g/mol. The van der Waals surface area contributed by atoms with Gasteiger partial charge in [0.1, 0.15) is 0 Å². The van der Waals surface area contributed by atoms with Gasteiger partial charge in [-0.25, -0.2) is 13.1 Å². The normalized spacial score (nSPS) is 12.7. The predicted octanol–water partition coefficient (Wildman–Crippen LogP) is 3.31. The molecule has 2 aromatic carbocycles. The van der Waals surface area contributed by atoms with Crippen LogP contribution in [0.15, 0.2) is 47.4 Å². The van der Waals surface area contributed by atoms with E-state index in [-0.39, 0.29) is 10.9 Å². The molecule has 0 saturated carbocycles. The molecule has 0 heterocycles. The van der Waals surface area contributed by atoms with Gasteiger partial charge in [0.05, 0.1) is 19.1 Å². The van der Waals surface area contributed by atoms with Gasteiger partial charge in [-0.2, -0.15) is 0 Å². The van der Waals surface area contributed by atoms with E-state index < -0.39 is 10.0 Å². The highest BCUT2D eigenvalue weighted by molar-refractivity contribution is 7.89. The summed E-state index contributed by atoms with van der Waals surface area (Å²) < 4.78 is 38.2. The van der Waals surface area contributed by atoms with E-state index >= 15 is 0 Å². The van der Waals surface area contributed by atoms with Gasteiger partial charge in [0.15, 0.2) is 11.5 Å². The van der Waals surface area contributed by atoms with Crippen LogP contribution in [0.3, 0.4) is 0 Å². The van der Waals surface area contributed by atoms with Crippen molar-refractivity contribution in [3.63, 3.8) is 0 Å². The largest absolute Gasteiger partial charge is 0.493 e. The Morgan fingerprint density at radius 2 is 1.62 bits per heavy atom. The maximum Gasteiger partial charge on any atom is 0.241 e. The Bertz CT molecular complexity index is 785. The summed E-state index contributed by atoms with van der Waals surface area (Å²) in [6.07, 6.45) is 0.950. The molecule has 1 atom stereocenters. The molecular weight excluding hydrogens is 326 g/mol. The lowest BCUT2D eigenvalue weighted by Crippen LogP contribution is -2.26. The van der Waals surface area contributed by atoms with Crippen molar-refractivity contribution in [3.05, 3.63) is 53.6 Å². The summed E-state index contributed by atoms with van der Waals surface area (Å²) in [7, 11) is -0.688. The summed E-state index contributed by atoms with van der Waals surface area (Å²) in [5, 5.41) is 0. The van der Waals surface area contributed by atoms with Crippen molar-refractivity contribution in [2.24, 2.45) is 0 Å². The molecule has 2 rings (SSSR count). The highest BCUT2D eigenvalue weighted by atomic mass is 32.2. The summed E-state index contributed by atoms with van der Waals surface area (Å²) in [6.45, 7) is 3.90. The SMILES string of the molecule is CCc1ccc([C@H](C)NS(=O)(=O)c2ccc(OC)c(OC)c2)cc1. The van der Waals surface area contributed by atoms with Crippen LogP contribution in [0.25, 0.3) is 0 Å². The molecular formula is C18H23NO4S. The van der Waals surface area contributed by atoms with Crippen molar-refractivity contribution in [1.82, 2.24) is 4.72 Å². The number of aryl methyl sites for hydroxylation is 1. The molecule has 0 fully saturated rings. The molecule has 0 aliphatic carbocycles. The number of sulfonamides is 1. The fraction of sp³-hybridized carbons (Fsp3) is 0.333. The van der Waals surface area contributed by atoms with Crippen molar-refractivity contribution in [2.45, 2.75) is 31.2 Å². The van der Waals surface area contributed by atoms with E-state index in [0.29, 0.717) is 11.5 Å². The van der Waals surface area contributed by atoms with E-state index in [4.69, 9.17) is 9.47 Å². The number of hydrogen-bond acceptors (Lipinski definition) is 4. The van der Waals surface area contributed by atoms with E-state index in [1.165, 1.54) is 31.9 Å². The number of hydrogen-bond donors (Lipinski definition) is 1. The second-order valence-electron chi connectivity index (χ2n) is 5.45. The fourth-order valence-electron chi connectivity index (χ4n) is 2.39. The maximum atomic E-state index is 12.6. The highest BCUT2D eigenvalue weighted by Gasteiger charge is 2.20. The minimum atomic E-state index is -3.67. The van der Waals surface area contributed by atoms with Gasteiger partial charge >= 0.3 is 0 Å². The fourth-order valence-corrected chi connectivity index (χ4v) is 3.64. The molecule has 0 amide bonds. The Morgan fingerprint density at radius 3 is 2.17 bits per heavy atom. The topological polar surface area (TPSA) is 64.6 Å². The van der Waals surface area contributed by atoms with Crippen molar-refractivity contribution in [3.8, 4) is 11.5 Å². The van der Waals surface area contributed by atoms with Gasteiger partial charge in [0, 0.05) is 12.1 Å². The van der Waals surface area contributed by atoms with Crippen LogP contribution in [0.4, 0.5) is 0 Å². The summed E-state index contributed by atoms with van der Waals surface area (Å²) in [4.78, 5) is 0.136. The second-order valence-corrected chi connectivity index (χ2v) is 7.17. The first-order valence-electron chi connectivity index (χ1n) is 7.74. The van der Waals surface area contributed by atoms with Gasteiger partial charge in [0.2, 0.25) is 10.0 Å². The van der Waals surface area contributed by atoms with Crippen LogP contribution >= 0.6 is 0 Å². The first-order chi connectivity index (χ1) is 11.4. The molecule has 0 aliphatic heterocycles. The quantitative estimate of drug-likeness (QED) is 0.833. The molecule has 5 nitrogen and oxygen atoms in total. The first-order valence-corrected chi connectivity index (χ1v) is 9.22. The Balaban J connectivity index is 2.23. The Hall–Kier alpha value is -2.05. The van der Waals surface area contributed by atoms with E-state index in [2.05, 4.69) is 11.6 Å². The van der Waals surface area contributed by atoms with Crippen molar-refractivity contribution >= 4 is 10.0 Å². The minimum absolute atomic E-state index is 0.136. The van der Waals surface area contributed by atoms with Crippen LogP contribution in [-0.4, -0.2) is 22.6 Å². The third-order valence-corrected chi connectivity index (χ3v) is 5.42. The molecule has 1 N–H and O–H groups in total. The highest BCUT2D eigenvalue weighted by Crippen LogP contribution is 2.30. The molecule has 2 aromatic rings. The van der Waals surface area contributed by atoms with Gasteiger partial charge in [0.25, 0.3) is 0 Å². The van der Waals surface area contributed by atoms with Crippen LogP contribution in [0.5, 0.6) is 11.5 Å². The third kappa shape index (κ3) is 4.07. The van der Waals surface area contributed by atoms with E-state index in [1.807, 2.05) is 31.2 Å². The standard InChI is InChI=1S/C18H23NO4S/c1-5-14-6-8-15(9-7-14)13(2)19-24(20,21)16-10-11-17(22-3)18(12-16)23-4/h6-13,19H,5H2,1-4H3/t13-/m0/s1. The summed E-state index contributed by atoms with van der Waals surface area (Å²) in [5.74, 6) is 0.861. The molecule has 6 heteroatoms. The molecule has 0 saturated heterocycles. The van der Waals surface area contributed by atoms with Crippen molar-refractivity contribution in [1.29, 1.82) is 0 Å². The summed E-state index contributed by atoms with van der Waals surface area (Å²) in [6, 6.07) is 12.1. The zero-order chi connectivity index (χ0) is 17.7. The average Bonchev–Trinajstić information content (AvgIpc) is 2.60. The zero-order valence-electron chi connectivity index (χ0n) is 14.4. The van der Waals surface area contributed by atoms with Gasteiger partial charge in [-0.1, -0.05) is 31.2 Å². The number of benzene rings is 2. The van der Waals surface area contributed by atoms with Crippen molar-refractivity contribution in [2.75, 3.05) is 14.2 Å². The van der Waals surface area contributed by atoms with E-state index in [9.17, 15) is 8.42 Å². The van der Waals surface area contributed by atoms with Crippen LogP contribution in [0.1, 0.15) is 31.0 Å². The number of methoxy groups -OCH3 is 2. The number of ether oxygens (including phenoxy) is 2. The summed E-state index contributed by atoms with van der Waals surface area (Å²) in [5.41, 5.74) is 2.13. The Labute approximate surface area is 143 Å². The minimum Gasteiger partial charge on any atom is -0.493 e. The van der Waals surface area contributed by atoms with Gasteiger partial charge in [-0.15, -0.1) is 0 Å². The van der Waals surface area contributed by atoms with Gasteiger partial charge in [-0.3, -0.25) is 0 Å². The summed E-state index contributed by atoms with van der Waals surface area (Å²) >= 11 is 0. The smallest absolute Gasteiger partial charge is 0.241 e. The lowest BCUT2D eigenvalue weighted by atomic mass is 10.1. The monoisotopic (exact) mass is 349 g/mol. The first kappa shape index (κ1) is 18.3. The van der Waals surface area contributed by atoms with Gasteiger partial charge in [-0.05, 0) is 36.6 Å².